The van der Waals surface area contributed by atoms with Crippen LogP contribution in [-0.2, 0) is 6.18 Å². The summed E-state index contributed by atoms with van der Waals surface area (Å²) in [4.78, 5) is 11.7. The van der Waals surface area contributed by atoms with Gasteiger partial charge in [-0.25, -0.2) is 13.8 Å². The second-order valence-electron chi connectivity index (χ2n) is 2.79. The van der Waals surface area contributed by atoms with E-state index in [9.17, 15) is 32.1 Å². The van der Waals surface area contributed by atoms with Crippen molar-refractivity contribution in [2.75, 3.05) is 0 Å². The molecule has 0 saturated carbocycles. The number of aromatic nitrogens is 1. The number of hydrogen-bond donors (Lipinski definition) is 0. The van der Waals surface area contributed by atoms with Crippen molar-refractivity contribution in [2.24, 2.45) is 0 Å². The molecule has 4 nitrogen and oxygen atoms in total. The predicted octanol–water partition coefficient (Wildman–Crippen LogP) is 3.60. The number of nitrogens with zero attached hydrogens (tertiary/aromatic N) is 2. The van der Waals surface area contributed by atoms with E-state index in [2.05, 4.69) is 4.98 Å². The van der Waals surface area contributed by atoms with Crippen LogP contribution in [0.3, 0.4) is 0 Å². The zero-order valence-electron chi connectivity index (χ0n) is 7.63. The minimum absolute atomic E-state index is 0.0722. The molecular weight excluding hydrogens is 275 g/mol. The summed E-state index contributed by atoms with van der Waals surface area (Å²) in [5, 5.41) is 9.22. The lowest BCUT2D eigenvalue weighted by Crippen LogP contribution is -2.13. The molecule has 0 spiro atoms. The summed E-state index contributed by atoms with van der Waals surface area (Å²) in [6, 6.07) is 0.0722. The normalized spacial score (nSPS) is 11.9. The highest BCUT2D eigenvalue weighted by Gasteiger charge is 2.39. The van der Waals surface area contributed by atoms with Gasteiger partial charge in [0.1, 0.15) is 0 Å². The van der Waals surface area contributed by atoms with Crippen LogP contribution in [0.1, 0.15) is 17.7 Å². The zero-order chi connectivity index (χ0) is 13.4. The molecule has 1 aromatic rings. The Morgan fingerprint density at radius 1 is 1.41 bits per heavy atom. The van der Waals surface area contributed by atoms with Crippen LogP contribution in [0.25, 0.3) is 0 Å². The molecule has 0 unspecified atom stereocenters. The monoisotopic (exact) mass is 276 g/mol. The van der Waals surface area contributed by atoms with E-state index >= 15 is 0 Å². The van der Waals surface area contributed by atoms with Crippen molar-refractivity contribution in [3.8, 4) is 0 Å². The van der Waals surface area contributed by atoms with Crippen LogP contribution in [0.4, 0.5) is 27.6 Å². The lowest BCUT2D eigenvalue weighted by molar-refractivity contribution is -0.385. The van der Waals surface area contributed by atoms with E-state index in [0.717, 1.165) is 0 Å². The van der Waals surface area contributed by atoms with Crippen LogP contribution in [0, 0.1) is 10.1 Å². The second kappa shape index (κ2) is 4.40. The van der Waals surface area contributed by atoms with Crippen molar-refractivity contribution < 1.29 is 26.9 Å². The van der Waals surface area contributed by atoms with Gasteiger partial charge in [-0.1, -0.05) is 11.6 Å². The Balaban J connectivity index is 3.53. The number of alkyl halides is 5. The summed E-state index contributed by atoms with van der Waals surface area (Å²) < 4.78 is 61.5. The van der Waals surface area contributed by atoms with E-state index in [1.54, 1.807) is 0 Å². The molecule has 17 heavy (non-hydrogen) atoms. The highest BCUT2D eigenvalue weighted by Crippen LogP contribution is 2.38. The van der Waals surface area contributed by atoms with E-state index in [1.165, 1.54) is 0 Å². The largest absolute Gasteiger partial charge is 0.433 e. The van der Waals surface area contributed by atoms with Crippen molar-refractivity contribution in [3.05, 3.63) is 32.6 Å². The summed E-state index contributed by atoms with van der Waals surface area (Å²) >= 11 is 5.11. The average Bonchev–Trinajstić information content (AvgIpc) is 2.14. The van der Waals surface area contributed by atoms with Gasteiger partial charge in [0.15, 0.2) is 5.69 Å². The standard InChI is InChI=1S/C7H2ClF5N2O2/c8-5-3(15(16)17)1-2(6(9)10)4(14-5)7(11,12)13/h1,6H. The Morgan fingerprint density at radius 2 is 1.94 bits per heavy atom. The van der Waals surface area contributed by atoms with Gasteiger partial charge in [0.05, 0.1) is 10.5 Å². The molecule has 1 rings (SSSR count). The molecule has 0 radical (unpaired) electrons. The molecule has 0 fully saturated rings. The zero-order valence-corrected chi connectivity index (χ0v) is 8.39. The minimum Gasteiger partial charge on any atom is -0.258 e. The fourth-order valence-electron chi connectivity index (χ4n) is 1.02. The van der Waals surface area contributed by atoms with Gasteiger partial charge >= 0.3 is 11.9 Å². The maximum Gasteiger partial charge on any atom is 0.433 e. The molecule has 1 heterocycles. The molecule has 1 aromatic heterocycles. The second-order valence-corrected chi connectivity index (χ2v) is 3.15. The molecule has 0 aromatic carbocycles. The van der Waals surface area contributed by atoms with Crippen molar-refractivity contribution in [1.82, 2.24) is 4.98 Å². The first-order valence-corrected chi connectivity index (χ1v) is 4.22. The fraction of sp³-hybridized carbons (Fsp3) is 0.286. The van der Waals surface area contributed by atoms with Gasteiger partial charge in [0, 0.05) is 6.07 Å². The number of hydrogen-bond acceptors (Lipinski definition) is 3. The van der Waals surface area contributed by atoms with Crippen LogP contribution in [0.15, 0.2) is 6.07 Å². The van der Waals surface area contributed by atoms with Crippen LogP contribution in [-0.4, -0.2) is 9.91 Å². The summed E-state index contributed by atoms with van der Waals surface area (Å²) in [7, 11) is 0. The number of nitro groups is 1. The summed E-state index contributed by atoms with van der Waals surface area (Å²) in [6.07, 6.45) is -8.71. The number of pyridine rings is 1. The molecular formula is C7H2ClF5N2O2. The first-order valence-electron chi connectivity index (χ1n) is 3.84. The topological polar surface area (TPSA) is 56.0 Å². The van der Waals surface area contributed by atoms with Gasteiger partial charge in [-0.3, -0.25) is 10.1 Å². The molecule has 0 atom stereocenters. The molecule has 10 heteroatoms. The Hall–Kier alpha value is -1.51. The highest BCUT2D eigenvalue weighted by molar-refractivity contribution is 6.31. The van der Waals surface area contributed by atoms with Crippen molar-refractivity contribution >= 4 is 17.3 Å². The maximum absolute atomic E-state index is 12.3. The van der Waals surface area contributed by atoms with Gasteiger partial charge < -0.3 is 0 Å². The Morgan fingerprint density at radius 3 is 2.29 bits per heavy atom. The average molecular weight is 277 g/mol. The first-order chi connectivity index (χ1) is 7.64. The molecule has 0 amide bonds. The lowest BCUT2D eigenvalue weighted by atomic mass is 10.2. The van der Waals surface area contributed by atoms with E-state index in [0.29, 0.717) is 0 Å². The van der Waals surface area contributed by atoms with E-state index in [1.807, 2.05) is 0 Å². The summed E-state index contributed by atoms with van der Waals surface area (Å²) in [5.41, 5.74) is -4.60. The van der Waals surface area contributed by atoms with Crippen molar-refractivity contribution in [3.63, 3.8) is 0 Å². The van der Waals surface area contributed by atoms with Gasteiger partial charge in [-0.15, -0.1) is 0 Å². The maximum atomic E-state index is 12.3. The molecule has 0 saturated heterocycles. The molecule has 0 aliphatic rings. The number of rotatable bonds is 2. The molecule has 0 N–H and O–H groups in total. The predicted molar refractivity (Wildman–Crippen MR) is 45.9 cm³/mol. The minimum atomic E-state index is -5.16. The Labute approximate surface area is 95.2 Å². The van der Waals surface area contributed by atoms with Crippen LogP contribution < -0.4 is 0 Å². The van der Waals surface area contributed by atoms with Crippen molar-refractivity contribution in [1.29, 1.82) is 0 Å². The lowest BCUT2D eigenvalue weighted by Gasteiger charge is -2.11. The molecule has 0 bridgehead atoms. The van der Waals surface area contributed by atoms with Crippen LogP contribution in [0.2, 0.25) is 5.15 Å². The molecule has 0 aliphatic carbocycles. The quantitative estimate of drug-likeness (QED) is 0.359. The third kappa shape index (κ3) is 2.78. The number of halogens is 6. The van der Waals surface area contributed by atoms with E-state index in [4.69, 9.17) is 11.6 Å². The molecule has 0 aliphatic heterocycles. The summed E-state index contributed by atoms with van der Waals surface area (Å²) in [6.45, 7) is 0. The Kier molecular flexibility index (Phi) is 3.51. The molecule has 94 valence electrons. The smallest absolute Gasteiger partial charge is 0.258 e. The van der Waals surface area contributed by atoms with E-state index < -0.39 is 39.6 Å². The van der Waals surface area contributed by atoms with E-state index in [-0.39, 0.29) is 6.07 Å². The van der Waals surface area contributed by atoms with Gasteiger partial charge in [0.25, 0.3) is 6.43 Å². The van der Waals surface area contributed by atoms with Crippen LogP contribution in [0.5, 0.6) is 0 Å². The van der Waals surface area contributed by atoms with Crippen molar-refractivity contribution in [2.45, 2.75) is 12.6 Å². The summed E-state index contributed by atoms with van der Waals surface area (Å²) in [5.74, 6) is 0. The Bertz CT molecular complexity index is 462. The first kappa shape index (κ1) is 13.6. The third-order valence-electron chi connectivity index (χ3n) is 1.69. The SMILES string of the molecule is O=[N+]([O-])c1cc(C(F)F)c(C(F)(F)F)nc1Cl. The fourth-order valence-corrected chi connectivity index (χ4v) is 1.22. The van der Waals surface area contributed by atoms with Gasteiger partial charge in [-0.05, 0) is 0 Å². The van der Waals surface area contributed by atoms with Crippen LogP contribution >= 0.6 is 11.6 Å². The third-order valence-corrected chi connectivity index (χ3v) is 1.97. The van der Waals surface area contributed by atoms with Gasteiger partial charge in [0.2, 0.25) is 5.15 Å². The van der Waals surface area contributed by atoms with Gasteiger partial charge in [-0.2, -0.15) is 13.2 Å². The highest BCUT2D eigenvalue weighted by atomic mass is 35.5.